The van der Waals surface area contributed by atoms with Gasteiger partial charge in [-0.25, -0.2) is 4.79 Å². The molecule has 6 nitrogen and oxygen atoms in total. The summed E-state index contributed by atoms with van der Waals surface area (Å²) in [6, 6.07) is 6.99. The summed E-state index contributed by atoms with van der Waals surface area (Å²) in [6.45, 7) is 0.427. The van der Waals surface area contributed by atoms with Crippen molar-refractivity contribution in [3.63, 3.8) is 0 Å². The molecule has 1 aromatic heterocycles. The van der Waals surface area contributed by atoms with Gasteiger partial charge in [-0.2, -0.15) is 0 Å². The Balaban J connectivity index is 2.31. The fourth-order valence-corrected chi connectivity index (χ4v) is 2.07. The third kappa shape index (κ3) is 2.80. The molecule has 0 aliphatic carbocycles. The molecule has 0 saturated carbocycles. The number of para-hydroxylation sites is 1. The number of nitrogens with one attached hydrogen (secondary N) is 1. The van der Waals surface area contributed by atoms with Crippen LogP contribution in [0, 0.1) is 0 Å². The third-order valence-electron chi connectivity index (χ3n) is 2.99. The Labute approximate surface area is 116 Å². The molecular weight excluding hydrogens is 260 g/mol. The van der Waals surface area contributed by atoms with Gasteiger partial charge in [0.05, 0.1) is 13.1 Å². The SMILES string of the molecule is CNC(=O)CN(C)Cc1oc2ccccc2c1C(=O)O. The average Bonchev–Trinajstić information content (AvgIpc) is 2.75. The van der Waals surface area contributed by atoms with Crippen LogP contribution >= 0.6 is 0 Å². The number of amides is 1. The largest absolute Gasteiger partial charge is 0.478 e. The molecule has 0 saturated heterocycles. The second-order valence-electron chi connectivity index (χ2n) is 4.55. The third-order valence-corrected chi connectivity index (χ3v) is 2.99. The Bertz CT molecular complexity index is 648. The number of rotatable bonds is 5. The van der Waals surface area contributed by atoms with Crippen LogP contribution in [0.2, 0.25) is 0 Å². The summed E-state index contributed by atoms with van der Waals surface area (Å²) in [4.78, 5) is 24.4. The minimum atomic E-state index is -1.03. The zero-order valence-corrected chi connectivity index (χ0v) is 11.3. The first kappa shape index (κ1) is 14.1. The molecule has 20 heavy (non-hydrogen) atoms. The highest BCUT2D eigenvalue weighted by atomic mass is 16.4. The fraction of sp³-hybridized carbons (Fsp3) is 0.286. The van der Waals surface area contributed by atoms with E-state index in [2.05, 4.69) is 5.32 Å². The molecule has 0 spiro atoms. The number of carbonyl (C=O) groups excluding carboxylic acids is 1. The molecule has 1 aromatic carbocycles. The molecule has 1 amide bonds. The lowest BCUT2D eigenvalue weighted by atomic mass is 10.1. The molecule has 2 rings (SSSR count). The van der Waals surface area contributed by atoms with Crippen LogP contribution < -0.4 is 5.32 Å². The highest BCUT2D eigenvalue weighted by molar-refractivity contribution is 6.03. The van der Waals surface area contributed by atoms with E-state index in [1.165, 1.54) is 0 Å². The summed E-state index contributed by atoms with van der Waals surface area (Å²) in [6.07, 6.45) is 0. The Morgan fingerprint density at radius 3 is 2.70 bits per heavy atom. The van der Waals surface area contributed by atoms with E-state index in [9.17, 15) is 14.7 Å². The quantitative estimate of drug-likeness (QED) is 0.860. The van der Waals surface area contributed by atoms with Crippen molar-refractivity contribution < 1.29 is 19.1 Å². The summed E-state index contributed by atoms with van der Waals surface area (Å²) in [5.74, 6) is -0.816. The van der Waals surface area contributed by atoms with Gasteiger partial charge in [0, 0.05) is 12.4 Å². The summed E-state index contributed by atoms with van der Waals surface area (Å²) in [5, 5.41) is 12.4. The lowest BCUT2D eigenvalue weighted by Crippen LogP contribution is -2.32. The molecule has 0 radical (unpaired) electrons. The molecule has 0 aliphatic rings. The van der Waals surface area contributed by atoms with E-state index in [1.54, 1.807) is 43.3 Å². The van der Waals surface area contributed by atoms with Crippen LogP contribution in [0.1, 0.15) is 16.1 Å². The molecule has 0 unspecified atom stereocenters. The van der Waals surface area contributed by atoms with E-state index in [0.717, 1.165) is 0 Å². The van der Waals surface area contributed by atoms with Crippen molar-refractivity contribution in [3.05, 3.63) is 35.6 Å². The lowest BCUT2D eigenvalue weighted by molar-refractivity contribution is -0.121. The first-order valence-corrected chi connectivity index (χ1v) is 6.15. The minimum Gasteiger partial charge on any atom is -0.478 e. The number of hydrogen-bond acceptors (Lipinski definition) is 4. The van der Waals surface area contributed by atoms with Gasteiger partial charge in [-0.15, -0.1) is 0 Å². The van der Waals surface area contributed by atoms with Gasteiger partial charge < -0.3 is 14.8 Å². The van der Waals surface area contributed by atoms with E-state index < -0.39 is 5.97 Å². The predicted octanol–water partition coefficient (Wildman–Crippen LogP) is 1.31. The monoisotopic (exact) mass is 276 g/mol. The standard InChI is InChI=1S/C14H16N2O4/c1-15-12(17)8-16(2)7-11-13(14(18)19)9-5-3-4-6-10(9)20-11/h3-6H,7-8H2,1-2H3,(H,15,17)(H,18,19). The van der Waals surface area contributed by atoms with Crippen molar-refractivity contribution in [2.45, 2.75) is 6.54 Å². The predicted molar refractivity (Wildman–Crippen MR) is 73.6 cm³/mol. The number of furan rings is 1. The number of benzene rings is 1. The minimum absolute atomic E-state index is 0.138. The zero-order valence-electron chi connectivity index (χ0n) is 11.3. The Kier molecular flexibility index (Phi) is 4.05. The van der Waals surface area contributed by atoms with Crippen LogP contribution in [0.4, 0.5) is 0 Å². The molecule has 0 atom stereocenters. The topological polar surface area (TPSA) is 82.8 Å². The molecule has 0 aliphatic heterocycles. The summed E-state index contributed by atoms with van der Waals surface area (Å²) < 4.78 is 5.59. The second kappa shape index (κ2) is 5.75. The van der Waals surface area contributed by atoms with Gasteiger partial charge in [0.15, 0.2) is 0 Å². The van der Waals surface area contributed by atoms with Crippen LogP contribution in [0.5, 0.6) is 0 Å². The maximum atomic E-state index is 11.4. The number of carbonyl (C=O) groups is 2. The number of nitrogens with zero attached hydrogens (tertiary/aromatic N) is 1. The van der Waals surface area contributed by atoms with Crippen LogP contribution in [0.3, 0.4) is 0 Å². The maximum Gasteiger partial charge on any atom is 0.339 e. The van der Waals surface area contributed by atoms with Crippen LogP contribution in [0.15, 0.2) is 28.7 Å². The molecule has 0 bridgehead atoms. The Morgan fingerprint density at radius 1 is 1.35 bits per heavy atom. The molecule has 6 heteroatoms. The van der Waals surface area contributed by atoms with Gasteiger partial charge in [0.25, 0.3) is 0 Å². The van der Waals surface area contributed by atoms with Crippen molar-refractivity contribution in [2.75, 3.05) is 20.6 Å². The van der Waals surface area contributed by atoms with E-state index in [0.29, 0.717) is 16.7 Å². The number of fused-ring (bicyclic) bond motifs is 1. The van der Waals surface area contributed by atoms with Gasteiger partial charge >= 0.3 is 5.97 Å². The molecule has 1 heterocycles. The maximum absolute atomic E-state index is 11.4. The van der Waals surface area contributed by atoms with Crippen molar-refractivity contribution >= 4 is 22.8 Å². The number of carboxylic acids is 1. The first-order valence-electron chi connectivity index (χ1n) is 6.15. The van der Waals surface area contributed by atoms with Gasteiger partial charge in [-0.3, -0.25) is 9.69 Å². The molecule has 106 valence electrons. The fourth-order valence-electron chi connectivity index (χ4n) is 2.07. The normalized spacial score (nSPS) is 10.9. The smallest absolute Gasteiger partial charge is 0.339 e. The number of aromatic carboxylic acids is 1. The van der Waals surface area contributed by atoms with Crippen LogP contribution in [-0.2, 0) is 11.3 Å². The van der Waals surface area contributed by atoms with E-state index in [1.807, 2.05) is 0 Å². The van der Waals surface area contributed by atoms with Crippen molar-refractivity contribution in [1.82, 2.24) is 10.2 Å². The van der Waals surface area contributed by atoms with Gasteiger partial charge in [-0.1, -0.05) is 18.2 Å². The van der Waals surface area contributed by atoms with Crippen molar-refractivity contribution in [2.24, 2.45) is 0 Å². The van der Waals surface area contributed by atoms with E-state index in [-0.39, 0.29) is 24.6 Å². The zero-order chi connectivity index (χ0) is 14.7. The van der Waals surface area contributed by atoms with Gasteiger partial charge in [-0.05, 0) is 13.1 Å². The van der Waals surface area contributed by atoms with E-state index in [4.69, 9.17) is 4.42 Å². The van der Waals surface area contributed by atoms with E-state index >= 15 is 0 Å². The van der Waals surface area contributed by atoms with Crippen LogP contribution in [0.25, 0.3) is 11.0 Å². The number of likely N-dealkylation sites (N-methyl/N-ethyl adjacent to an activating group) is 2. The molecule has 2 aromatic rings. The summed E-state index contributed by atoms with van der Waals surface area (Å²) >= 11 is 0. The Morgan fingerprint density at radius 2 is 2.05 bits per heavy atom. The first-order chi connectivity index (χ1) is 9.52. The molecule has 0 fully saturated rings. The highest BCUT2D eigenvalue weighted by Crippen LogP contribution is 2.26. The van der Waals surface area contributed by atoms with Gasteiger partial charge in [0.1, 0.15) is 16.9 Å². The van der Waals surface area contributed by atoms with Gasteiger partial charge in [0.2, 0.25) is 5.91 Å². The number of hydrogen-bond donors (Lipinski definition) is 2. The second-order valence-corrected chi connectivity index (χ2v) is 4.55. The average molecular weight is 276 g/mol. The summed E-state index contributed by atoms with van der Waals surface area (Å²) in [5.41, 5.74) is 0.692. The molecule has 2 N–H and O–H groups in total. The Hall–Kier alpha value is -2.34. The van der Waals surface area contributed by atoms with Crippen LogP contribution in [-0.4, -0.2) is 42.5 Å². The number of carboxylic acid groups (broad SMARTS) is 1. The lowest BCUT2D eigenvalue weighted by Gasteiger charge is -2.14. The highest BCUT2D eigenvalue weighted by Gasteiger charge is 2.21. The van der Waals surface area contributed by atoms with Crippen molar-refractivity contribution in [1.29, 1.82) is 0 Å². The summed E-state index contributed by atoms with van der Waals surface area (Å²) in [7, 11) is 3.29. The van der Waals surface area contributed by atoms with Crippen molar-refractivity contribution in [3.8, 4) is 0 Å². The molecular formula is C14H16N2O4.